The summed E-state index contributed by atoms with van der Waals surface area (Å²) in [7, 11) is 0. The molecule has 0 spiro atoms. The molecular weight excluding hydrogens is 268 g/mol. The van der Waals surface area contributed by atoms with Gasteiger partial charge in [0.25, 0.3) is 0 Å². The average molecular weight is 294 g/mol. The van der Waals surface area contributed by atoms with E-state index in [-0.39, 0.29) is 25.0 Å². The molecule has 0 heterocycles. The van der Waals surface area contributed by atoms with E-state index in [4.69, 9.17) is 19.7 Å². The second-order valence-electron chi connectivity index (χ2n) is 3.64. The Kier molecular flexibility index (Phi) is 18.7. The Bertz CT molecular complexity index is 214. The third-order valence-electron chi connectivity index (χ3n) is 1.71. The number of ether oxygens (including phenoxy) is 2. The fourth-order valence-corrected chi connectivity index (χ4v) is 0.932. The number of hydrogen-bond donors (Lipinski definition) is 4. The molecule has 0 aliphatic rings. The molecule has 0 rings (SSSR count). The molecule has 20 heavy (non-hydrogen) atoms. The molecule has 0 bridgehead atoms. The second-order valence-corrected chi connectivity index (χ2v) is 3.64. The standard InChI is InChI=1S/2C6H13NO3/c2*1-6(9)7-2-4-10-5-3-8/h2*8H,2-5H2,1H3,(H,7,9). The first kappa shape index (κ1) is 21.1. The van der Waals surface area contributed by atoms with Gasteiger partial charge in [0.15, 0.2) is 0 Å². The van der Waals surface area contributed by atoms with Gasteiger partial charge in [0.2, 0.25) is 11.8 Å². The second kappa shape index (κ2) is 17.8. The molecule has 8 nitrogen and oxygen atoms in total. The van der Waals surface area contributed by atoms with Crippen LogP contribution in [0, 0.1) is 0 Å². The van der Waals surface area contributed by atoms with Crippen LogP contribution in [0.1, 0.15) is 13.8 Å². The van der Waals surface area contributed by atoms with E-state index in [0.29, 0.717) is 39.5 Å². The molecule has 0 aromatic heterocycles. The van der Waals surface area contributed by atoms with E-state index in [1.165, 1.54) is 13.8 Å². The molecule has 0 atom stereocenters. The third kappa shape index (κ3) is 25.6. The predicted octanol–water partition coefficient (Wildman–Crippen LogP) is -1.74. The summed E-state index contributed by atoms with van der Waals surface area (Å²) in [4.78, 5) is 20.5. The van der Waals surface area contributed by atoms with Gasteiger partial charge in [-0.2, -0.15) is 0 Å². The number of amides is 2. The van der Waals surface area contributed by atoms with Gasteiger partial charge in [-0.15, -0.1) is 0 Å². The van der Waals surface area contributed by atoms with E-state index in [0.717, 1.165) is 0 Å². The first-order valence-corrected chi connectivity index (χ1v) is 6.40. The van der Waals surface area contributed by atoms with Crippen molar-refractivity contribution < 1.29 is 29.3 Å². The normalized spacial score (nSPS) is 9.40. The zero-order valence-corrected chi connectivity index (χ0v) is 12.2. The van der Waals surface area contributed by atoms with Gasteiger partial charge in [0.1, 0.15) is 0 Å². The maximum absolute atomic E-state index is 10.3. The van der Waals surface area contributed by atoms with E-state index in [1.807, 2.05) is 0 Å². The van der Waals surface area contributed by atoms with Gasteiger partial charge < -0.3 is 30.3 Å². The number of rotatable bonds is 10. The van der Waals surface area contributed by atoms with Crippen molar-refractivity contribution in [1.29, 1.82) is 0 Å². The van der Waals surface area contributed by atoms with E-state index < -0.39 is 0 Å². The lowest BCUT2D eigenvalue weighted by Gasteiger charge is -2.01. The Labute approximate surface area is 119 Å². The quantitative estimate of drug-likeness (QED) is 0.355. The zero-order valence-electron chi connectivity index (χ0n) is 12.2. The molecule has 0 saturated heterocycles. The maximum Gasteiger partial charge on any atom is 0.216 e. The van der Waals surface area contributed by atoms with Crippen LogP contribution in [0.5, 0.6) is 0 Å². The lowest BCUT2D eigenvalue weighted by Crippen LogP contribution is -2.24. The molecule has 0 aromatic carbocycles. The first-order chi connectivity index (χ1) is 9.54. The molecule has 0 aliphatic carbocycles. The predicted molar refractivity (Wildman–Crippen MR) is 73.2 cm³/mol. The summed E-state index contributed by atoms with van der Waals surface area (Å²) >= 11 is 0. The molecule has 120 valence electrons. The van der Waals surface area contributed by atoms with Crippen LogP contribution in [0.15, 0.2) is 0 Å². The summed E-state index contributed by atoms with van der Waals surface area (Å²) in [5.74, 6) is -0.125. The Hall–Kier alpha value is -1.22. The molecule has 0 aliphatic heterocycles. The fourth-order valence-electron chi connectivity index (χ4n) is 0.932. The minimum absolute atomic E-state index is 0.0278. The van der Waals surface area contributed by atoms with Crippen molar-refractivity contribution >= 4 is 11.8 Å². The highest BCUT2D eigenvalue weighted by atomic mass is 16.5. The molecule has 0 saturated carbocycles. The Morgan fingerprint density at radius 1 is 0.800 bits per heavy atom. The van der Waals surface area contributed by atoms with Gasteiger partial charge in [-0.1, -0.05) is 0 Å². The van der Waals surface area contributed by atoms with Crippen LogP contribution in [-0.2, 0) is 19.1 Å². The number of carbonyl (C=O) groups is 2. The first-order valence-electron chi connectivity index (χ1n) is 6.40. The number of carbonyl (C=O) groups excluding carboxylic acids is 2. The van der Waals surface area contributed by atoms with Gasteiger partial charge in [-0.05, 0) is 0 Å². The third-order valence-corrected chi connectivity index (χ3v) is 1.71. The summed E-state index contributed by atoms with van der Waals surface area (Å²) in [6.45, 7) is 5.56. The van der Waals surface area contributed by atoms with E-state index in [1.54, 1.807) is 0 Å². The molecule has 0 unspecified atom stereocenters. The lowest BCUT2D eigenvalue weighted by molar-refractivity contribution is -0.120. The van der Waals surface area contributed by atoms with Crippen LogP contribution < -0.4 is 10.6 Å². The van der Waals surface area contributed by atoms with Crippen LogP contribution in [0.2, 0.25) is 0 Å². The van der Waals surface area contributed by atoms with Crippen molar-refractivity contribution in [3.8, 4) is 0 Å². The average Bonchev–Trinajstić information content (AvgIpc) is 2.38. The highest BCUT2D eigenvalue weighted by Gasteiger charge is 1.89. The Balaban J connectivity index is 0. The Morgan fingerprint density at radius 2 is 1.15 bits per heavy atom. The van der Waals surface area contributed by atoms with Gasteiger partial charge in [-0.25, -0.2) is 0 Å². The number of aliphatic hydroxyl groups excluding tert-OH is 2. The van der Waals surface area contributed by atoms with Crippen molar-refractivity contribution in [3.63, 3.8) is 0 Å². The van der Waals surface area contributed by atoms with Gasteiger partial charge in [0.05, 0.1) is 39.6 Å². The summed E-state index contributed by atoms with van der Waals surface area (Å²) < 4.78 is 9.74. The SMILES string of the molecule is CC(=O)NCCOCCO.CC(=O)NCCOCCO. The molecule has 0 fully saturated rings. The zero-order chi connectivity index (χ0) is 15.6. The van der Waals surface area contributed by atoms with Crippen LogP contribution in [0.3, 0.4) is 0 Å². The molecule has 8 heteroatoms. The van der Waals surface area contributed by atoms with Crippen LogP contribution in [-0.4, -0.2) is 74.8 Å². The van der Waals surface area contributed by atoms with Crippen LogP contribution in [0.4, 0.5) is 0 Å². The van der Waals surface area contributed by atoms with E-state index in [9.17, 15) is 9.59 Å². The van der Waals surface area contributed by atoms with Crippen LogP contribution >= 0.6 is 0 Å². The van der Waals surface area contributed by atoms with Crippen molar-refractivity contribution in [3.05, 3.63) is 0 Å². The minimum Gasteiger partial charge on any atom is -0.394 e. The Morgan fingerprint density at radius 3 is 1.40 bits per heavy atom. The van der Waals surface area contributed by atoms with E-state index >= 15 is 0 Å². The fraction of sp³-hybridized carbons (Fsp3) is 0.833. The molecular formula is C12H26N2O6. The molecule has 0 aromatic rings. The lowest BCUT2D eigenvalue weighted by atomic mass is 10.6. The summed E-state index contributed by atoms with van der Waals surface area (Å²) in [5, 5.41) is 21.6. The van der Waals surface area contributed by atoms with Crippen molar-refractivity contribution in [2.24, 2.45) is 0 Å². The van der Waals surface area contributed by atoms with Gasteiger partial charge in [-0.3, -0.25) is 9.59 Å². The smallest absolute Gasteiger partial charge is 0.216 e. The van der Waals surface area contributed by atoms with Crippen molar-refractivity contribution in [2.75, 3.05) is 52.7 Å². The molecule has 2 amide bonds. The van der Waals surface area contributed by atoms with Crippen molar-refractivity contribution in [2.45, 2.75) is 13.8 Å². The van der Waals surface area contributed by atoms with Gasteiger partial charge >= 0.3 is 0 Å². The van der Waals surface area contributed by atoms with E-state index in [2.05, 4.69) is 10.6 Å². The van der Waals surface area contributed by atoms with Crippen LogP contribution in [0.25, 0.3) is 0 Å². The van der Waals surface area contributed by atoms with Gasteiger partial charge in [0, 0.05) is 26.9 Å². The molecule has 4 N–H and O–H groups in total. The summed E-state index contributed by atoms with van der Waals surface area (Å²) in [6.07, 6.45) is 0. The number of aliphatic hydroxyl groups is 2. The summed E-state index contributed by atoms with van der Waals surface area (Å²) in [5.41, 5.74) is 0. The maximum atomic E-state index is 10.3. The summed E-state index contributed by atoms with van der Waals surface area (Å²) in [6, 6.07) is 0. The molecule has 0 radical (unpaired) electrons. The van der Waals surface area contributed by atoms with Crippen molar-refractivity contribution in [1.82, 2.24) is 10.6 Å². The minimum atomic E-state index is -0.0624. The highest BCUT2D eigenvalue weighted by molar-refractivity contribution is 5.73. The topological polar surface area (TPSA) is 117 Å². The largest absolute Gasteiger partial charge is 0.394 e. The monoisotopic (exact) mass is 294 g/mol. The highest BCUT2D eigenvalue weighted by Crippen LogP contribution is 1.71. The number of hydrogen-bond acceptors (Lipinski definition) is 6. The number of nitrogens with one attached hydrogen (secondary N) is 2.